The first-order valence-electron chi connectivity index (χ1n) is 7.60. The molecule has 3 nitrogen and oxygen atoms in total. The molecule has 1 aromatic rings. The van der Waals surface area contributed by atoms with Gasteiger partial charge in [-0.1, -0.05) is 44.2 Å². The van der Waals surface area contributed by atoms with Crippen molar-refractivity contribution in [3.05, 3.63) is 35.9 Å². The monoisotopic (exact) mass is 310 g/mol. The molecule has 4 heteroatoms. The Morgan fingerprint density at radius 2 is 1.95 bits per heavy atom. The topological polar surface area (TPSA) is 46.3 Å². The Bertz CT molecular complexity index is 449. The minimum absolute atomic E-state index is 0. The summed E-state index contributed by atoms with van der Waals surface area (Å²) in [7, 11) is 0. The molecule has 0 spiro atoms. The van der Waals surface area contributed by atoms with E-state index in [4.69, 9.17) is 5.73 Å². The largest absolute Gasteiger partial charge is 0.339 e. The van der Waals surface area contributed by atoms with Crippen LogP contribution in [0.2, 0.25) is 0 Å². The molecule has 1 aliphatic rings. The number of rotatable bonds is 4. The number of hydrogen-bond donors (Lipinski definition) is 1. The van der Waals surface area contributed by atoms with Crippen molar-refractivity contribution in [2.75, 3.05) is 13.1 Å². The third-order valence-electron chi connectivity index (χ3n) is 4.37. The molecular weight excluding hydrogens is 284 g/mol. The minimum Gasteiger partial charge on any atom is -0.339 e. The Labute approximate surface area is 134 Å². The van der Waals surface area contributed by atoms with Crippen LogP contribution in [0.15, 0.2) is 30.3 Å². The van der Waals surface area contributed by atoms with Gasteiger partial charge in [0.25, 0.3) is 0 Å². The summed E-state index contributed by atoms with van der Waals surface area (Å²) in [6.45, 7) is 7.86. The third-order valence-corrected chi connectivity index (χ3v) is 4.37. The van der Waals surface area contributed by atoms with Gasteiger partial charge >= 0.3 is 0 Å². The van der Waals surface area contributed by atoms with Crippen LogP contribution in [-0.2, 0) is 4.79 Å². The fourth-order valence-electron chi connectivity index (χ4n) is 3.27. The van der Waals surface area contributed by atoms with E-state index in [0.717, 1.165) is 18.5 Å². The number of nitrogens with zero attached hydrogens (tertiary/aromatic N) is 1. The normalized spacial score (nSPS) is 23.0. The maximum Gasteiger partial charge on any atom is 0.230 e. The Morgan fingerprint density at radius 3 is 2.43 bits per heavy atom. The van der Waals surface area contributed by atoms with Gasteiger partial charge in [-0.15, -0.1) is 12.4 Å². The molecule has 0 bridgehead atoms. The fourth-order valence-corrected chi connectivity index (χ4v) is 3.27. The predicted molar refractivity (Wildman–Crippen MR) is 89.6 cm³/mol. The molecule has 2 rings (SSSR count). The van der Waals surface area contributed by atoms with Gasteiger partial charge in [0.1, 0.15) is 0 Å². The van der Waals surface area contributed by atoms with E-state index in [2.05, 4.69) is 32.9 Å². The molecule has 0 aromatic heterocycles. The van der Waals surface area contributed by atoms with E-state index in [1.54, 1.807) is 0 Å². The highest BCUT2D eigenvalue weighted by atomic mass is 35.5. The van der Waals surface area contributed by atoms with Crippen molar-refractivity contribution in [3.8, 4) is 0 Å². The van der Waals surface area contributed by atoms with Crippen LogP contribution in [0, 0.1) is 11.8 Å². The van der Waals surface area contributed by atoms with Crippen molar-refractivity contribution in [3.63, 3.8) is 0 Å². The zero-order valence-corrected chi connectivity index (χ0v) is 14.0. The van der Waals surface area contributed by atoms with Crippen LogP contribution in [0.5, 0.6) is 0 Å². The summed E-state index contributed by atoms with van der Waals surface area (Å²) in [5, 5.41) is 0. The molecule has 21 heavy (non-hydrogen) atoms. The molecular formula is C17H27ClN2O. The number of carbonyl (C=O) groups is 1. The summed E-state index contributed by atoms with van der Waals surface area (Å²) >= 11 is 0. The van der Waals surface area contributed by atoms with E-state index in [1.165, 1.54) is 0 Å². The van der Waals surface area contributed by atoms with Crippen molar-refractivity contribution in [2.45, 2.75) is 39.2 Å². The Hall–Kier alpha value is -1.06. The van der Waals surface area contributed by atoms with Crippen molar-refractivity contribution in [1.82, 2.24) is 4.90 Å². The molecule has 0 aliphatic carbocycles. The van der Waals surface area contributed by atoms with Gasteiger partial charge < -0.3 is 10.6 Å². The highest BCUT2D eigenvalue weighted by molar-refractivity contribution is 5.85. The van der Waals surface area contributed by atoms with Gasteiger partial charge in [0, 0.05) is 12.6 Å². The zero-order valence-electron chi connectivity index (χ0n) is 13.2. The lowest BCUT2D eigenvalue weighted by molar-refractivity contribution is -0.134. The van der Waals surface area contributed by atoms with Crippen molar-refractivity contribution in [1.29, 1.82) is 0 Å². The number of halogens is 1. The number of nitrogens with two attached hydrogens (primary N) is 1. The highest BCUT2D eigenvalue weighted by Gasteiger charge is 2.36. The first-order valence-corrected chi connectivity index (χ1v) is 7.60. The number of amides is 1. The number of benzene rings is 1. The number of hydrogen-bond acceptors (Lipinski definition) is 2. The second-order valence-electron chi connectivity index (χ2n) is 6.31. The summed E-state index contributed by atoms with van der Waals surface area (Å²) in [6, 6.07) is 10.4. The van der Waals surface area contributed by atoms with E-state index in [-0.39, 0.29) is 24.2 Å². The molecule has 0 saturated carbocycles. The van der Waals surface area contributed by atoms with Crippen LogP contribution >= 0.6 is 12.4 Å². The lowest BCUT2D eigenvalue weighted by Gasteiger charge is -2.29. The molecule has 1 aromatic carbocycles. The van der Waals surface area contributed by atoms with E-state index >= 15 is 0 Å². The second-order valence-corrected chi connectivity index (χ2v) is 6.31. The molecule has 3 unspecified atom stereocenters. The van der Waals surface area contributed by atoms with Gasteiger partial charge in [0.05, 0.1) is 5.92 Å². The van der Waals surface area contributed by atoms with Crippen LogP contribution in [0.4, 0.5) is 0 Å². The first-order chi connectivity index (χ1) is 9.54. The Morgan fingerprint density at radius 1 is 1.33 bits per heavy atom. The number of likely N-dealkylation sites (tertiary alicyclic amines) is 1. The van der Waals surface area contributed by atoms with Crippen LogP contribution in [0.1, 0.15) is 38.7 Å². The van der Waals surface area contributed by atoms with Crippen molar-refractivity contribution in [2.24, 2.45) is 17.6 Å². The van der Waals surface area contributed by atoms with Gasteiger partial charge in [-0.2, -0.15) is 0 Å². The van der Waals surface area contributed by atoms with E-state index in [1.807, 2.05) is 23.1 Å². The minimum atomic E-state index is -0.0461. The standard InChI is InChI=1S/C17H26N2O.ClH/c1-12(2)16(15-7-5-4-6-8-15)17(20)19-11-14(10-18)9-13(19)3;/h4-8,12-14,16H,9-11,18H2,1-3H3;1H. The first kappa shape index (κ1) is 18.0. The smallest absolute Gasteiger partial charge is 0.230 e. The predicted octanol–water partition coefficient (Wildman–Crippen LogP) is 3.04. The maximum atomic E-state index is 12.9. The molecule has 118 valence electrons. The lowest BCUT2D eigenvalue weighted by Crippen LogP contribution is -2.39. The average Bonchev–Trinajstić information content (AvgIpc) is 2.81. The van der Waals surface area contributed by atoms with E-state index in [0.29, 0.717) is 24.4 Å². The van der Waals surface area contributed by atoms with Crippen LogP contribution in [-0.4, -0.2) is 29.9 Å². The second kappa shape index (κ2) is 7.81. The highest BCUT2D eigenvalue weighted by Crippen LogP contribution is 2.31. The third kappa shape index (κ3) is 3.98. The summed E-state index contributed by atoms with van der Waals surface area (Å²) in [4.78, 5) is 15.0. The molecule has 1 fully saturated rings. The van der Waals surface area contributed by atoms with Gasteiger partial charge in [-0.25, -0.2) is 0 Å². The molecule has 1 saturated heterocycles. The fraction of sp³-hybridized carbons (Fsp3) is 0.588. The summed E-state index contributed by atoms with van der Waals surface area (Å²) in [6.07, 6.45) is 1.03. The average molecular weight is 311 g/mol. The zero-order chi connectivity index (χ0) is 14.7. The van der Waals surface area contributed by atoms with Crippen LogP contribution in [0.3, 0.4) is 0 Å². The SMILES string of the molecule is CC(C)C(C(=O)N1CC(CN)CC1C)c1ccccc1.Cl. The molecule has 2 N–H and O–H groups in total. The molecule has 1 aliphatic heterocycles. The molecule has 3 atom stereocenters. The van der Waals surface area contributed by atoms with Gasteiger partial charge in [0.15, 0.2) is 0 Å². The quantitative estimate of drug-likeness (QED) is 0.929. The summed E-state index contributed by atoms with van der Waals surface area (Å²) in [5.41, 5.74) is 6.89. The lowest BCUT2D eigenvalue weighted by atomic mass is 9.87. The Balaban J connectivity index is 0.00000220. The van der Waals surface area contributed by atoms with Crippen LogP contribution < -0.4 is 5.73 Å². The Kier molecular flexibility index (Phi) is 6.69. The van der Waals surface area contributed by atoms with Gasteiger partial charge in [-0.3, -0.25) is 4.79 Å². The molecule has 0 radical (unpaired) electrons. The summed E-state index contributed by atoms with van der Waals surface area (Å²) in [5.74, 6) is 0.969. The maximum absolute atomic E-state index is 12.9. The van der Waals surface area contributed by atoms with Gasteiger partial charge in [0.2, 0.25) is 5.91 Å². The van der Waals surface area contributed by atoms with E-state index in [9.17, 15) is 4.79 Å². The van der Waals surface area contributed by atoms with Crippen LogP contribution in [0.25, 0.3) is 0 Å². The number of carbonyl (C=O) groups excluding carboxylic acids is 1. The molecule has 1 amide bonds. The van der Waals surface area contributed by atoms with E-state index < -0.39 is 0 Å². The van der Waals surface area contributed by atoms with Gasteiger partial charge in [-0.05, 0) is 37.3 Å². The summed E-state index contributed by atoms with van der Waals surface area (Å²) < 4.78 is 0. The van der Waals surface area contributed by atoms with Crippen molar-refractivity contribution >= 4 is 18.3 Å². The molecule has 1 heterocycles. The van der Waals surface area contributed by atoms with Crippen molar-refractivity contribution < 1.29 is 4.79 Å².